The topological polar surface area (TPSA) is 89.4 Å². The van der Waals surface area contributed by atoms with Crippen LogP contribution in [0.5, 0.6) is 0 Å². The zero-order chi connectivity index (χ0) is 12.0. The molecule has 0 heterocycles. The predicted octanol–water partition coefficient (Wildman–Crippen LogP) is 1.79. The molecule has 0 bridgehead atoms. The standard InChI is InChI=1S/C10H14N2O3S/c11-10-3-2-9(12(14)15)6-8(10)7-16-5-1-4-13/h2-3,6,13H,1,4-5,7,11H2. The van der Waals surface area contributed by atoms with Crippen LogP contribution < -0.4 is 5.73 Å². The molecule has 1 rings (SSSR count). The van der Waals surface area contributed by atoms with E-state index in [9.17, 15) is 10.1 Å². The highest BCUT2D eigenvalue weighted by Crippen LogP contribution is 2.23. The predicted molar refractivity (Wildman–Crippen MR) is 65.4 cm³/mol. The molecule has 0 aliphatic heterocycles. The number of nitrogens with two attached hydrogens (primary N) is 1. The molecule has 0 saturated heterocycles. The molecule has 0 atom stereocenters. The Bertz CT molecular complexity index is 371. The molecule has 0 aliphatic rings. The number of thioether (sulfide) groups is 1. The summed E-state index contributed by atoms with van der Waals surface area (Å²) in [6, 6.07) is 4.46. The first kappa shape index (κ1) is 12.8. The summed E-state index contributed by atoms with van der Waals surface area (Å²) in [4.78, 5) is 10.1. The van der Waals surface area contributed by atoms with Crippen molar-refractivity contribution in [3.63, 3.8) is 0 Å². The number of nitrogens with zero attached hydrogens (tertiary/aromatic N) is 1. The Labute approximate surface area is 97.8 Å². The maximum absolute atomic E-state index is 10.6. The zero-order valence-electron chi connectivity index (χ0n) is 8.76. The maximum atomic E-state index is 10.6. The van der Waals surface area contributed by atoms with Gasteiger partial charge in [-0.3, -0.25) is 10.1 Å². The van der Waals surface area contributed by atoms with Gasteiger partial charge in [-0.25, -0.2) is 0 Å². The van der Waals surface area contributed by atoms with Crippen molar-refractivity contribution in [2.75, 3.05) is 18.1 Å². The van der Waals surface area contributed by atoms with Gasteiger partial charge in [0.05, 0.1) is 4.92 Å². The Morgan fingerprint density at radius 1 is 1.50 bits per heavy atom. The molecule has 88 valence electrons. The summed E-state index contributed by atoms with van der Waals surface area (Å²) in [6.45, 7) is 0.164. The van der Waals surface area contributed by atoms with E-state index in [1.807, 2.05) is 0 Å². The molecule has 0 spiro atoms. The van der Waals surface area contributed by atoms with Crippen LogP contribution in [0.4, 0.5) is 11.4 Å². The highest BCUT2D eigenvalue weighted by Gasteiger charge is 2.08. The Balaban J connectivity index is 2.63. The number of rotatable bonds is 6. The van der Waals surface area contributed by atoms with Crippen LogP contribution in [0.15, 0.2) is 18.2 Å². The van der Waals surface area contributed by atoms with Crippen LogP contribution in [0, 0.1) is 10.1 Å². The third-order valence-electron chi connectivity index (χ3n) is 2.04. The number of non-ortho nitro benzene ring substituents is 1. The lowest BCUT2D eigenvalue weighted by atomic mass is 10.2. The Morgan fingerprint density at radius 2 is 2.25 bits per heavy atom. The fourth-order valence-electron chi connectivity index (χ4n) is 1.18. The monoisotopic (exact) mass is 242 g/mol. The number of aliphatic hydroxyl groups is 1. The van der Waals surface area contributed by atoms with Crippen molar-refractivity contribution in [1.82, 2.24) is 0 Å². The average Bonchev–Trinajstić information content (AvgIpc) is 2.26. The van der Waals surface area contributed by atoms with Gasteiger partial charge in [0.1, 0.15) is 0 Å². The average molecular weight is 242 g/mol. The van der Waals surface area contributed by atoms with Crippen molar-refractivity contribution < 1.29 is 10.0 Å². The zero-order valence-corrected chi connectivity index (χ0v) is 9.57. The van der Waals surface area contributed by atoms with Crippen LogP contribution in [0.3, 0.4) is 0 Å². The summed E-state index contributed by atoms with van der Waals surface area (Å²) < 4.78 is 0. The molecule has 0 saturated carbocycles. The van der Waals surface area contributed by atoms with E-state index < -0.39 is 4.92 Å². The number of nitro groups is 1. The molecule has 1 aromatic rings. The van der Waals surface area contributed by atoms with Crippen molar-refractivity contribution in [3.05, 3.63) is 33.9 Å². The Hall–Kier alpha value is -1.27. The minimum atomic E-state index is -0.429. The lowest BCUT2D eigenvalue weighted by molar-refractivity contribution is -0.384. The number of anilines is 1. The van der Waals surface area contributed by atoms with Gasteiger partial charge in [-0.2, -0.15) is 11.8 Å². The summed E-state index contributed by atoms with van der Waals surface area (Å²) in [7, 11) is 0. The molecule has 0 aliphatic carbocycles. The second kappa shape index (κ2) is 6.34. The molecule has 0 fully saturated rings. The normalized spacial score (nSPS) is 10.3. The van der Waals surface area contributed by atoms with Gasteiger partial charge in [-0.15, -0.1) is 0 Å². The third kappa shape index (κ3) is 3.71. The largest absolute Gasteiger partial charge is 0.398 e. The summed E-state index contributed by atoms with van der Waals surface area (Å²) in [5.74, 6) is 1.45. The molecule has 0 unspecified atom stereocenters. The van der Waals surface area contributed by atoms with E-state index in [2.05, 4.69) is 0 Å². The smallest absolute Gasteiger partial charge is 0.269 e. The number of nitro benzene ring substituents is 1. The van der Waals surface area contributed by atoms with Crippen LogP contribution in [0.1, 0.15) is 12.0 Å². The van der Waals surface area contributed by atoms with Crippen molar-refractivity contribution >= 4 is 23.1 Å². The van der Waals surface area contributed by atoms with E-state index >= 15 is 0 Å². The molecule has 1 aromatic carbocycles. The van der Waals surface area contributed by atoms with E-state index in [1.54, 1.807) is 17.8 Å². The molecular weight excluding hydrogens is 228 g/mol. The number of nitrogen functional groups attached to an aromatic ring is 1. The van der Waals surface area contributed by atoms with Gasteiger partial charge in [-0.1, -0.05) is 0 Å². The number of aliphatic hydroxyl groups excluding tert-OH is 1. The Morgan fingerprint density at radius 3 is 2.88 bits per heavy atom. The molecule has 3 N–H and O–H groups in total. The fraction of sp³-hybridized carbons (Fsp3) is 0.400. The molecule has 6 heteroatoms. The highest BCUT2D eigenvalue weighted by molar-refractivity contribution is 7.98. The first-order valence-electron chi connectivity index (χ1n) is 4.86. The van der Waals surface area contributed by atoms with E-state index in [1.165, 1.54) is 12.1 Å². The Kier molecular flexibility index (Phi) is 5.07. The summed E-state index contributed by atoms with van der Waals surface area (Å²) >= 11 is 1.60. The highest BCUT2D eigenvalue weighted by atomic mass is 32.2. The van der Waals surface area contributed by atoms with E-state index in [0.717, 1.165) is 17.7 Å². The van der Waals surface area contributed by atoms with Gasteiger partial charge >= 0.3 is 0 Å². The molecule has 16 heavy (non-hydrogen) atoms. The first-order valence-corrected chi connectivity index (χ1v) is 6.02. The molecular formula is C10H14N2O3S. The first-order chi connectivity index (χ1) is 7.65. The van der Waals surface area contributed by atoms with Crippen LogP contribution in [0.2, 0.25) is 0 Å². The summed E-state index contributed by atoms with van der Waals surface area (Å²) in [5.41, 5.74) is 7.13. The number of hydrogen-bond acceptors (Lipinski definition) is 5. The molecule has 0 aromatic heterocycles. The van der Waals surface area contributed by atoms with Crippen molar-refractivity contribution in [3.8, 4) is 0 Å². The molecule has 0 amide bonds. The lowest BCUT2D eigenvalue weighted by Gasteiger charge is -2.04. The van der Waals surface area contributed by atoms with E-state index in [-0.39, 0.29) is 12.3 Å². The SMILES string of the molecule is Nc1ccc([N+](=O)[O-])cc1CSCCCO. The van der Waals surface area contributed by atoms with Gasteiger partial charge < -0.3 is 10.8 Å². The van der Waals surface area contributed by atoms with Crippen molar-refractivity contribution in [2.45, 2.75) is 12.2 Å². The number of benzene rings is 1. The lowest BCUT2D eigenvalue weighted by Crippen LogP contribution is -1.96. The van der Waals surface area contributed by atoms with Crippen LogP contribution in [0.25, 0.3) is 0 Å². The van der Waals surface area contributed by atoms with Crippen LogP contribution in [-0.2, 0) is 5.75 Å². The van der Waals surface area contributed by atoms with E-state index in [0.29, 0.717) is 11.4 Å². The van der Waals surface area contributed by atoms with Gasteiger partial charge in [0.15, 0.2) is 0 Å². The van der Waals surface area contributed by atoms with Gasteiger partial charge in [0.25, 0.3) is 5.69 Å². The second-order valence-electron chi connectivity index (χ2n) is 3.27. The van der Waals surface area contributed by atoms with Crippen molar-refractivity contribution in [1.29, 1.82) is 0 Å². The molecule has 5 nitrogen and oxygen atoms in total. The third-order valence-corrected chi connectivity index (χ3v) is 3.13. The minimum absolute atomic E-state index is 0.0620. The summed E-state index contributed by atoms with van der Waals surface area (Å²) in [6.07, 6.45) is 0.722. The van der Waals surface area contributed by atoms with Gasteiger partial charge in [0.2, 0.25) is 0 Å². The van der Waals surface area contributed by atoms with Gasteiger partial charge in [-0.05, 0) is 23.8 Å². The summed E-state index contributed by atoms with van der Waals surface area (Å²) in [5, 5.41) is 19.2. The second-order valence-corrected chi connectivity index (χ2v) is 4.38. The van der Waals surface area contributed by atoms with Crippen molar-refractivity contribution in [2.24, 2.45) is 0 Å². The maximum Gasteiger partial charge on any atom is 0.269 e. The molecule has 0 radical (unpaired) electrons. The van der Waals surface area contributed by atoms with E-state index in [4.69, 9.17) is 10.8 Å². The fourth-order valence-corrected chi connectivity index (χ4v) is 2.13. The van der Waals surface area contributed by atoms with Crippen LogP contribution in [-0.4, -0.2) is 22.4 Å². The van der Waals surface area contributed by atoms with Crippen LogP contribution >= 0.6 is 11.8 Å². The quantitative estimate of drug-likeness (QED) is 0.343. The minimum Gasteiger partial charge on any atom is -0.398 e. The number of hydrogen-bond donors (Lipinski definition) is 2. The van der Waals surface area contributed by atoms with Gasteiger partial charge in [0, 0.05) is 30.2 Å².